The van der Waals surface area contributed by atoms with Crippen molar-refractivity contribution in [2.75, 3.05) is 25.9 Å². The summed E-state index contributed by atoms with van der Waals surface area (Å²) in [6.45, 7) is 14.2. The Morgan fingerprint density at radius 2 is 1.74 bits per heavy atom. The van der Waals surface area contributed by atoms with Gasteiger partial charge in [-0.15, -0.1) is 11.3 Å². The number of thiazole rings is 1. The molecule has 1 fully saturated rings. The molecule has 300 valence electrons. The Balaban J connectivity index is 1.88. The molecule has 1 aromatic carbocycles. The van der Waals surface area contributed by atoms with Gasteiger partial charge in [-0.25, -0.2) is 4.98 Å². The number of ether oxygens (including phenoxy) is 1. The van der Waals surface area contributed by atoms with E-state index in [0.717, 1.165) is 31.4 Å². The van der Waals surface area contributed by atoms with Crippen LogP contribution in [0.5, 0.6) is 0 Å². The number of nitrogens with two attached hydrogens (primary N) is 1. The summed E-state index contributed by atoms with van der Waals surface area (Å²) in [5.41, 5.74) is 7.45. The van der Waals surface area contributed by atoms with Gasteiger partial charge in [0.2, 0.25) is 11.8 Å². The van der Waals surface area contributed by atoms with Gasteiger partial charge in [-0.05, 0) is 75.2 Å². The van der Waals surface area contributed by atoms with E-state index in [2.05, 4.69) is 20.5 Å². The Hall–Kier alpha value is -4.04. The molecule has 2 aromatic rings. The zero-order valence-corrected chi connectivity index (χ0v) is 34.1. The minimum Gasteiger partial charge on any atom is -0.481 e. The lowest BCUT2D eigenvalue weighted by molar-refractivity contribution is -0.150. The third kappa shape index (κ3) is 12.8. The molecule has 7 atom stereocenters. The summed E-state index contributed by atoms with van der Waals surface area (Å²) in [6, 6.07) is 5.31. The largest absolute Gasteiger partial charge is 0.481 e. The van der Waals surface area contributed by atoms with Gasteiger partial charge in [0, 0.05) is 43.0 Å². The number of carbonyl (C=O) groups is 5. The molecule has 1 aliphatic heterocycles. The van der Waals surface area contributed by atoms with Gasteiger partial charge in [-0.2, -0.15) is 0 Å². The first-order chi connectivity index (χ1) is 25.6. The second-order valence-electron chi connectivity index (χ2n) is 15.2. The van der Waals surface area contributed by atoms with Gasteiger partial charge in [-0.1, -0.05) is 66.5 Å². The molecule has 0 bridgehead atoms. The molecule has 1 aromatic heterocycles. The molecule has 54 heavy (non-hydrogen) atoms. The van der Waals surface area contributed by atoms with E-state index in [1.165, 1.54) is 18.3 Å². The minimum atomic E-state index is -0.961. The highest BCUT2D eigenvalue weighted by Gasteiger charge is 2.38. The molecule has 0 unspecified atom stereocenters. The van der Waals surface area contributed by atoms with Crippen molar-refractivity contribution in [3.05, 3.63) is 45.9 Å². The van der Waals surface area contributed by atoms with E-state index in [0.29, 0.717) is 36.5 Å². The van der Waals surface area contributed by atoms with Gasteiger partial charge in [0.25, 0.3) is 5.91 Å². The van der Waals surface area contributed by atoms with Crippen LogP contribution in [-0.2, 0) is 30.3 Å². The van der Waals surface area contributed by atoms with Crippen molar-refractivity contribution < 1.29 is 33.8 Å². The number of benzene rings is 1. The van der Waals surface area contributed by atoms with Crippen LogP contribution in [0.3, 0.4) is 0 Å². The highest BCUT2D eigenvalue weighted by molar-refractivity contribution is 7.09. The molecular formula is C40H62N6O7S. The molecule has 0 radical (unpaired) electrons. The van der Waals surface area contributed by atoms with Crippen molar-refractivity contribution in [2.24, 2.45) is 17.8 Å². The average Bonchev–Trinajstić information content (AvgIpc) is 3.62. The van der Waals surface area contributed by atoms with Crippen LogP contribution >= 0.6 is 11.3 Å². The Bertz CT molecular complexity index is 1550. The second-order valence-corrected chi connectivity index (χ2v) is 16.1. The number of piperidine rings is 1. The molecule has 2 heterocycles. The van der Waals surface area contributed by atoms with Crippen molar-refractivity contribution in [1.82, 2.24) is 25.4 Å². The number of nitrogen functional groups attached to an aromatic ring is 1. The van der Waals surface area contributed by atoms with Crippen LogP contribution in [0, 0.1) is 17.8 Å². The van der Waals surface area contributed by atoms with Crippen LogP contribution in [0.1, 0.15) is 121 Å². The Labute approximate surface area is 324 Å². The molecule has 3 amide bonds. The number of amides is 3. The number of hydrogen-bond donors (Lipinski definition) is 4. The molecule has 0 spiro atoms. The number of aromatic nitrogens is 1. The lowest BCUT2D eigenvalue weighted by Crippen LogP contribution is -2.58. The average molecular weight is 771 g/mol. The van der Waals surface area contributed by atoms with E-state index >= 15 is 0 Å². The number of likely N-dealkylation sites (tertiary alicyclic amines) is 1. The smallest absolute Gasteiger partial charge is 0.306 e. The van der Waals surface area contributed by atoms with Crippen molar-refractivity contribution in [3.8, 4) is 0 Å². The zero-order valence-electron chi connectivity index (χ0n) is 33.3. The third-order valence-corrected chi connectivity index (χ3v) is 11.4. The number of nitrogens with one attached hydrogen (secondary N) is 2. The first-order valence-electron chi connectivity index (χ1n) is 19.4. The summed E-state index contributed by atoms with van der Waals surface area (Å²) in [6.07, 6.45) is 4.11. The summed E-state index contributed by atoms with van der Waals surface area (Å²) in [7, 11) is 1.95. The Morgan fingerprint density at radius 3 is 2.31 bits per heavy atom. The lowest BCUT2D eigenvalue weighted by Gasteiger charge is -2.40. The molecule has 13 nitrogen and oxygen atoms in total. The van der Waals surface area contributed by atoms with Gasteiger partial charge in [0.15, 0.2) is 6.10 Å². The van der Waals surface area contributed by atoms with Crippen LogP contribution in [-0.4, -0.2) is 93.9 Å². The minimum absolute atomic E-state index is 0.0515. The number of carbonyl (C=O) groups excluding carboxylic acids is 4. The molecule has 0 aliphatic carbocycles. The highest BCUT2D eigenvalue weighted by Crippen LogP contribution is 2.32. The number of likely N-dealkylation sites (N-methyl/N-ethyl adjacent to an activating group) is 1. The number of nitrogens with zero attached hydrogens (tertiary/aromatic N) is 3. The fraction of sp³-hybridized carbons (Fsp3) is 0.650. The first kappa shape index (κ1) is 44.4. The van der Waals surface area contributed by atoms with E-state index < -0.39 is 42.0 Å². The summed E-state index contributed by atoms with van der Waals surface area (Å²) in [4.78, 5) is 74.4. The van der Waals surface area contributed by atoms with E-state index in [1.54, 1.807) is 24.4 Å². The van der Waals surface area contributed by atoms with E-state index in [-0.39, 0.29) is 54.3 Å². The second kappa shape index (κ2) is 21.2. The van der Waals surface area contributed by atoms with Gasteiger partial charge >= 0.3 is 11.9 Å². The van der Waals surface area contributed by atoms with Gasteiger partial charge in [0.05, 0.1) is 12.0 Å². The Morgan fingerprint density at radius 1 is 1.06 bits per heavy atom. The monoisotopic (exact) mass is 770 g/mol. The molecule has 5 N–H and O–H groups in total. The number of anilines is 1. The number of carboxylic acid groups (broad SMARTS) is 1. The zero-order chi connectivity index (χ0) is 40.1. The van der Waals surface area contributed by atoms with Crippen molar-refractivity contribution in [2.45, 2.75) is 130 Å². The molecule has 0 saturated carbocycles. The summed E-state index contributed by atoms with van der Waals surface area (Å²) in [5, 5.41) is 17.7. The predicted molar refractivity (Wildman–Crippen MR) is 211 cm³/mol. The van der Waals surface area contributed by atoms with E-state index in [9.17, 15) is 29.1 Å². The molecule has 1 aliphatic rings. The fourth-order valence-electron chi connectivity index (χ4n) is 7.03. The molecule has 1 saturated heterocycles. The van der Waals surface area contributed by atoms with Gasteiger partial charge in [-0.3, -0.25) is 28.9 Å². The standard InChI is InChI=1S/C40H62N6O7S/c1-9-18-46(39(50)35(25(5)10-2)44-37(49)32-13-11-12-19-45(32)8)33(24(3)4)22-34(53-27(7)47)38-43-31(23-54-38)36(48)42-30(20-26(6)40(51)52)21-28-14-16-29(41)17-15-28/h14-17,23-26,30,32-35H,9-13,18-22,41H2,1-8H3,(H,42,48)(H,44,49)(H,51,52)/t25-,26-,30+,32+,33+,34+,35-/m0/s1. The van der Waals surface area contributed by atoms with Crippen LogP contribution in [0.15, 0.2) is 29.6 Å². The number of esters is 1. The number of aliphatic carboxylic acids is 1. The molecular weight excluding hydrogens is 709 g/mol. The summed E-state index contributed by atoms with van der Waals surface area (Å²) < 4.78 is 5.84. The number of rotatable bonds is 20. The first-order valence-corrected chi connectivity index (χ1v) is 20.3. The summed E-state index contributed by atoms with van der Waals surface area (Å²) >= 11 is 1.18. The Kier molecular flexibility index (Phi) is 17.4. The molecule has 14 heteroatoms. The fourth-order valence-corrected chi connectivity index (χ4v) is 7.87. The third-order valence-electron chi connectivity index (χ3n) is 10.4. The van der Waals surface area contributed by atoms with E-state index in [4.69, 9.17) is 10.5 Å². The maximum atomic E-state index is 14.6. The van der Waals surface area contributed by atoms with Crippen molar-refractivity contribution in [1.29, 1.82) is 0 Å². The normalized spacial score (nSPS) is 18.1. The topological polar surface area (TPSA) is 184 Å². The van der Waals surface area contributed by atoms with Crippen LogP contribution in [0.2, 0.25) is 0 Å². The molecule has 3 rings (SSSR count). The van der Waals surface area contributed by atoms with Crippen LogP contribution in [0.4, 0.5) is 5.69 Å². The maximum Gasteiger partial charge on any atom is 0.306 e. The number of hydrogen-bond acceptors (Lipinski definition) is 10. The van der Waals surface area contributed by atoms with Gasteiger partial charge in [0.1, 0.15) is 16.7 Å². The SMILES string of the molecule is CCCN(C(=O)[C@@H](NC(=O)[C@H]1CCCCN1C)[C@@H](C)CC)[C@H](C[C@@H](OC(C)=O)c1nc(C(=O)N[C@@H](Cc2ccc(N)cc2)C[C@H](C)C(=O)O)cs1)C(C)C. The summed E-state index contributed by atoms with van der Waals surface area (Å²) in [5.74, 6) is -3.13. The highest BCUT2D eigenvalue weighted by atomic mass is 32.1. The maximum absolute atomic E-state index is 14.6. The van der Waals surface area contributed by atoms with Crippen LogP contribution < -0.4 is 16.4 Å². The quantitative estimate of drug-likeness (QED) is 0.0998. The van der Waals surface area contributed by atoms with Gasteiger partial charge < -0.3 is 31.1 Å². The van der Waals surface area contributed by atoms with Crippen molar-refractivity contribution in [3.63, 3.8) is 0 Å². The predicted octanol–water partition coefficient (Wildman–Crippen LogP) is 5.45. The number of carboxylic acids is 1. The lowest BCUT2D eigenvalue weighted by atomic mass is 9.92. The van der Waals surface area contributed by atoms with Crippen LogP contribution in [0.25, 0.3) is 0 Å². The van der Waals surface area contributed by atoms with E-state index in [1.807, 2.05) is 58.7 Å². The van der Waals surface area contributed by atoms with Crippen molar-refractivity contribution >= 4 is 46.7 Å².